The number of hydrogen-bond donors (Lipinski definition) is 1. The Morgan fingerprint density at radius 1 is 1.24 bits per heavy atom. The van der Waals surface area contributed by atoms with Gasteiger partial charge in [-0.3, -0.25) is 4.79 Å². The third kappa shape index (κ3) is 3.93. The molecule has 0 radical (unpaired) electrons. The van der Waals surface area contributed by atoms with E-state index in [1.165, 1.54) is 31.2 Å². The summed E-state index contributed by atoms with van der Waals surface area (Å²) < 4.78 is 38.4. The summed E-state index contributed by atoms with van der Waals surface area (Å²) in [5.74, 6) is -4.07. The highest BCUT2D eigenvalue weighted by Gasteiger charge is 2.45. The van der Waals surface area contributed by atoms with E-state index >= 15 is 0 Å². The summed E-state index contributed by atoms with van der Waals surface area (Å²) in [4.78, 5) is 10.9. The minimum atomic E-state index is -4.48. The maximum atomic E-state index is 12.8. The van der Waals surface area contributed by atoms with E-state index in [9.17, 15) is 18.0 Å². The smallest absolute Gasteiger partial charge is 0.369 e. The van der Waals surface area contributed by atoms with Crippen molar-refractivity contribution in [2.24, 2.45) is 11.7 Å². The molecule has 2 atom stereocenters. The van der Waals surface area contributed by atoms with Crippen LogP contribution in [0.1, 0.15) is 18.4 Å². The molecule has 0 fully saturated rings. The Bertz CT molecular complexity index is 367. The van der Waals surface area contributed by atoms with Crippen molar-refractivity contribution in [1.82, 2.24) is 0 Å². The molecule has 0 heterocycles. The zero-order valence-electron chi connectivity index (χ0n) is 9.07. The van der Waals surface area contributed by atoms with Gasteiger partial charge in [-0.05, 0) is 5.56 Å². The first-order valence-electron chi connectivity index (χ1n) is 4.75. The molecule has 0 saturated carbocycles. The van der Waals surface area contributed by atoms with Gasteiger partial charge in [-0.2, -0.15) is 13.2 Å². The highest BCUT2D eigenvalue weighted by atomic mass is 35.5. The first kappa shape index (κ1) is 15.8. The average Bonchev–Trinajstić information content (AvgIpc) is 2.17. The predicted octanol–water partition coefficient (Wildman–Crippen LogP) is 2.88. The van der Waals surface area contributed by atoms with Crippen molar-refractivity contribution in [1.29, 1.82) is 0 Å². The lowest BCUT2D eigenvalue weighted by Crippen LogP contribution is -2.34. The summed E-state index contributed by atoms with van der Waals surface area (Å²) in [6.45, 7) is 1.19. The van der Waals surface area contributed by atoms with Crippen LogP contribution in [0.15, 0.2) is 30.3 Å². The highest BCUT2D eigenvalue weighted by molar-refractivity contribution is 5.85. The average molecular weight is 268 g/mol. The lowest BCUT2D eigenvalue weighted by atomic mass is 9.86. The zero-order valence-corrected chi connectivity index (χ0v) is 9.89. The lowest BCUT2D eigenvalue weighted by molar-refractivity contribution is -0.166. The lowest BCUT2D eigenvalue weighted by Gasteiger charge is -2.24. The van der Waals surface area contributed by atoms with E-state index in [0.717, 1.165) is 0 Å². The van der Waals surface area contributed by atoms with E-state index in [-0.39, 0.29) is 18.0 Å². The van der Waals surface area contributed by atoms with Crippen molar-refractivity contribution >= 4 is 18.3 Å². The Morgan fingerprint density at radius 3 is 2.06 bits per heavy atom. The summed E-state index contributed by atoms with van der Waals surface area (Å²) in [6.07, 6.45) is -4.48. The molecule has 2 N–H and O–H groups in total. The quantitative estimate of drug-likeness (QED) is 0.899. The number of carbonyl (C=O) groups excluding carboxylic acids is 1. The second-order valence-electron chi connectivity index (χ2n) is 3.62. The van der Waals surface area contributed by atoms with E-state index < -0.39 is 23.9 Å². The number of hydrogen-bond acceptors (Lipinski definition) is 1. The van der Waals surface area contributed by atoms with Gasteiger partial charge in [0.05, 0.1) is 11.8 Å². The first-order chi connectivity index (χ1) is 7.34. The van der Waals surface area contributed by atoms with Crippen molar-refractivity contribution in [3.8, 4) is 0 Å². The zero-order chi connectivity index (χ0) is 12.3. The Morgan fingerprint density at radius 2 is 1.71 bits per heavy atom. The number of primary amides is 1. The van der Waals surface area contributed by atoms with E-state index in [1.54, 1.807) is 6.07 Å². The minimum Gasteiger partial charge on any atom is -0.369 e. The van der Waals surface area contributed by atoms with Crippen LogP contribution in [0.3, 0.4) is 0 Å². The van der Waals surface area contributed by atoms with Gasteiger partial charge in [0.15, 0.2) is 0 Å². The Kier molecular flexibility index (Phi) is 5.48. The molecule has 0 bridgehead atoms. The molecular formula is C11H13ClF3NO. The van der Waals surface area contributed by atoms with Crippen LogP contribution in [0.5, 0.6) is 0 Å². The van der Waals surface area contributed by atoms with Gasteiger partial charge in [-0.15, -0.1) is 12.4 Å². The van der Waals surface area contributed by atoms with Gasteiger partial charge in [0, 0.05) is 0 Å². The first-order valence-corrected chi connectivity index (χ1v) is 4.75. The molecule has 1 aromatic rings. The highest BCUT2D eigenvalue weighted by Crippen LogP contribution is 2.40. The van der Waals surface area contributed by atoms with Crippen molar-refractivity contribution in [2.45, 2.75) is 19.0 Å². The SMILES string of the molecule is CC(C(N)=O)C(c1ccccc1)C(F)(F)F.Cl. The van der Waals surface area contributed by atoms with Crippen LogP contribution in [0.4, 0.5) is 13.2 Å². The Hall–Kier alpha value is -1.23. The molecule has 1 aromatic carbocycles. The molecule has 0 saturated heterocycles. The van der Waals surface area contributed by atoms with Gasteiger partial charge in [0.1, 0.15) is 0 Å². The third-order valence-electron chi connectivity index (χ3n) is 2.46. The molecule has 0 spiro atoms. The Labute approximate surface area is 103 Å². The number of amides is 1. The standard InChI is InChI=1S/C11H12F3NO.ClH/c1-7(10(15)16)9(11(12,13)14)8-5-3-2-4-6-8;/h2-7,9H,1H3,(H2,15,16);1H. The van der Waals surface area contributed by atoms with Crippen LogP contribution >= 0.6 is 12.4 Å². The van der Waals surface area contributed by atoms with Crippen molar-refractivity contribution in [2.75, 3.05) is 0 Å². The number of rotatable bonds is 3. The van der Waals surface area contributed by atoms with Gasteiger partial charge in [-0.25, -0.2) is 0 Å². The largest absolute Gasteiger partial charge is 0.396 e. The minimum absolute atomic E-state index is 0. The maximum absolute atomic E-state index is 12.8. The van der Waals surface area contributed by atoms with Gasteiger partial charge in [-0.1, -0.05) is 37.3 Å². The van der Waals surface area contributed by atoms with Gasteiger partial charge in [0.2, 0.25) is 5.91 Å². The number of alkyl halides is 3. The molecular weight excluding hydrogens is 255 g/mol. The molecule has 17 heavy (non-hydrogen) atoms. The number of carbonyl (C=O) groups is 1. The van der Waals surface area contributed by atoms with Crippen LogP contribution in [0, 0.1) is 5.92 Å². The van der Waals surface area contributed by atoms with Crippen LogP contribution in [-0.4, -0.2) is 12.1 Å². The van der Waals surface area contributed by atoms with E-state index in [2.05, 4.69) is 0 Å². The fourth-order valence-corrected chi connectivity index (χ4v) is 1.59. The summed E-state index contributed by atoms with van der Waals surface area (Å²) in [5.41, 5.74) is 4.99. The molecule has 0 aliphatic rings. The predicted molar refractivity (Wildman–Crippen MR) is 60.8 cm³/mol. The number of halogens is 4. The van der Waals surface area contributed by atoms with E-state index in [1.807, 2.05) is 0 Å². The number of benzene rings is 1. The molecule has 0 aromatic heterocycles. The molecule has 0 aliphatic carbocycles. The Balaban J connectivity index is 0.00000256. The molecule has 1 rings (SSSR count). The third-order valence-corrected chi connectivity index (χ3v) is 2.46. The fourth-order valence-electron chi connectivity index (χ4n) is 1.59. The maximum Gasteiger partial charge on any atom is 0.396 e. The van der Waals surface area contributed by atoms with Crippen LogP contribution < -0.4 is 5.73 Å². The monoisotopic (exact) mass is 267 g/mol. The van der Waals surface area contributed by atoms with Crippen LogP contribution in [-0.2, 0) is 4.79 Å². The van der Waals surface area contributed by atoms with Crippen LogP contribution in [0.25, 0.3) is 0 Å². The van der Waals surface area contributed by atoms with Gasteiger partial charge >= 0.3 is 6.18 Å². The summed E-state index contributed by atoms with van der Waals surface area (Å²) in [7, 11) is 0. The van der Waals surface area contributed by atoms with Crippen LogP contribution in [0.2, 0.25) is 0 Å². The van der Waals surface area contributed by atoms with E-state index in [4.69, 9.17) is 5.73 Å². The molecule has 96 valence electrons. The topological polar surface area (TPSA) is 43.1 Å². The molecule has 2 nitrogen and oxygen atoms in total. The normalized spacial score (nSPS) is 14.6. The molecule has 1 amide bonds. The summed E-state index contributed by atoms with van der Waals surface area (Å²) >= 11 is 0. The number of nitrogens with two attached hydrogens (primary N) is 1. The molecule has 2 unspecified atom stereocenters. The van der Waals surface area contributed by atoms with Gasteiger partial charge in [0.25, 0.3) is 0 Å². The second-order valence-corrected chi connectivity index (χ2v) is 3.62. The van der Waals surface area contributed by atoms with Crippen molar-refractivity contribution in [3.63, 3.8) is 0 Å². The second kappa shape index (κ2) is 5.91. The molecule has 0 aliphatic heterocycles. The van der Waals surface area contributed by atoms with Crippen molar-refractivity contribution in [3.05, 3.63) is 35.9 Å². The summed E-state index contributed by atoms with van der Waals surface area (Å²) in [5, 5.41) is 0. The van der Waals surface area contributed by atoms with Gasteiger partial charge < -0.3 is 5.73 Å². The summed E-state index contributed by atoms with van der Waals surface area (Å²) in [6, 6.07) is 7.31. The van der Waals surface area contributed by atoms with E-state index in [0.29, 0.717) is 0 Å². The molecule has 6 heteroatoms. The fraction of sp³-hybridized carbons (Fsp3) is 0.364. The van der Waals surface area contributed by atoms with Crippen molar-refractivity contribution < 1.29 is 18.0 Å².